The van der Waals surface area contributed by atoms with Crippen molar-refractivity contribution in [2.24, 2.45) is 11.8 Å². The number of hydrogen-bond donors (Lipinski definition) is 3. The summed E-state index contributed by atoms with van der Waals surface area (Å²) in [7, 11) is -9.92. The number of carbonyl (C=O) groups excluding carboxylic acids is 4. The number of ether oxygens (including phenoxy) is 4. The third kappa shape index (κ3) is 76.8. The summed E-state index contributed by atoms with van der Waals surface area (Å²) >= 11 is 0. The Morgan fingerprint density at radius 3 is 0.731 bits per heavy atom. The normalized spacial score (nSPS) is 14.1. The first-order chi connectivity index (χ1) is 50.4. The Morgan fingerprint density at radius 2 is 0.490 bits per heavy atom. The van der Waals surface area contributed by atoms with Crippen LogP contribution >= 0.6 is 15.6 Å². The van der Waals surface area contributed by atoms with E-state index in [9.17, 15) is 43.2 Å². The molecular weight excluding hydrogens is 1350 g/mol. The summed E-state index contributed by atoms with van der Waals surface area (Å²) in [5.41, 5.74) is 0. The molecule has 3 unspecified atom stereocenters. The van der Waals surface area contributed by atoms with Crippen LogP contribution in [0.5, 0.6) is 0 Å². The van der Waals surface area contributed by atoms with E-state index in [-0.39, 0.29) is 25.7 Å². The van der Waals surface area contributed by atoms with Crippen molar-refractivity contribution in [3.63, 3.8) is 0 Å². The van der Waals surface area contributed by atoms with E-state index < -0.39 is 97.5 Å². The monoisotopic (exact) mass is 1520 g/mol. The zero-order chi connectivity index (χ0) is 76.4. The number of esters is 4. The first-order valence-electron chi connectivity index (χ1n) is 44.0. The Labute approximate surface area is 638 Å². The van der Waals surface area contributed by atoms with Gasteiger partial charge in [-0.05, 0) is 37.5 Å². The third-order valence-electron chi connectivity index (χ3n) is 20.3. The van der Waals surface area contributed by atoms with E-state index in [1.807, 2.05) is 0 Å². The molecule has 0 aromatic rings. The minimum atomic E-state index is -4.97. The van der Waals surface area contributed by atoms with Crippen molar-refractivity contribution in [2.75, 3.05) is 39.6 Å². The quantitative estimate of drug-likeness (QED) is 0.0222. The van der Waals surface area contributed by atoms with Crippen LogP contribution < -0.4 is 0 Å². The summed E-state index contributed by atoms with van der Waals surface area (Å²) in [6, 6.07) is 0. The second-order valence-electron chi connectivity index (χ2n) is 31.3. The van der Waals surface area contributed by atoms with Crippen LogP contribution in [0, 0.1) is 11.8 Å². The maximum atomic E-state index is 13.1. The molecule has 0 saturated carbocycles. The molecule has 0 aliphatic rings. The highest BCUT2D eigenvalue weighted by atomic mass is 31.2. The fraction of sp³-hybridized carbons (Fsp3) is 0.953. The first-order valence-corrected chi connectivity index (χ1v) is 47.0. The maximum absolute atomic E-state index is 13.1. The summed E-state index contributed by atoms with van der Waals surface area (Å²) in [4.78, 5) is 73.1. The van der Waals surface area contributed by atoms with Gasteiger partial charge in [-0.1, -0.05) is 401 Å². The van der Waals surface area contributed by atoms with Gasteiger partial charge in [0.2, 0.25) is 0 Å². The molecule has 618 valence electrons. The van der Waals surface area contributed by atoms with Gasteiger partial charge in [0, 0.05) is 25.7 Å². The number of aliphatic hydroxyl groups is 1. The van der Waals surface area contributed by atoms with Crippen LogP contribution in [0.1, 0.15) is 452 Å². The van der Waals surface area contributed by atoms with Crippen molar-refractivity contribution in [1.82, 2.24) is 0 Å². The minimum absolute atomic E-state index is 0.107. The summed E-state index contributed by atoms with van der Waals surface area (Å²) in [6.07, 6.45) is 68.2. The number of hydrogen-bond acceptors (Lipinski definition) is 15. The van der Waals surface area contributed by atoms with Crippen LogP contribution in [0.4, 0.5) is 0 Å². The van der Waals surface area contributed by atoms with Gasteiger partial charge in [0.25, 0.3) is 0 Å². The molecule has 0 rings (SSSR count). The Balaban J connectivity index is 5.20. The highest BCUT2D eigenvalue weighted by Crippen LogP contribution is 2.45. The van der Waals surface area contributed by atoms with Gasteiger partial charge in [-0.2, -0.15) is 0 Å². The molecule has 0 spiro atoms. The summed E-state index contributed by atoms with van der Waals surface area (Å²) in [6.45, 7) is 9.65. The minimum Gasteiger partial charge on any atom is -0.462 e. The van der Waals surface area contributed by atoms with E-state index in [0.717, 1.165) is 108 Å². The lowest BCUT2D eigenvalue weighted by molar-refractivity contribution is -0.161. The lowest BCUT2D eigenvalue weighted by Crippen LogP contribution is -2.30. The summed E-state index contributed by atoms with van der Waals surface area (Å²) < 4.78 is 68.8. The van der Waals surface area contributed by atoms with E-state index in [1.54, 1.807) is 0 Å². The molecule has 104 heavy (non-hydrogen) atoms. The lowest BCUT2D eigenvalue weighted by Gasteiger charge is -2.21. The molecule has 0 aromatic heterocycles. The van der Waals surface area contributed by atoms with Crippen LogP contribution in [0.3, 0.4) is 0 Å². The Morgan fingerprint density at radius 1 is 0.279 bits per heavy atom. The second-order valence-corrected chi connectivity index (χ2v) is 34.2. The van der Waals surface area contributed by atoms with Gasteiger partial charge in [-0.3, -0.25) is 37.3 Å². The van der Waals surface area contributed by atoms with Crippen LogP contribution in [-0.4, -0.2) is 96.7 Å². The van der Waals surface area contributed by atoms with E-state index >= 15 is 0 Å². The van der Waals surface area contributed by atoms with Crippen molar-refractivity contribution in [3.05, 3.63) is 0 Å². The lowest BCUT2D eigenvalue weighted by atomic mass is 10.00. The molecule has 3 N–H and O–H groups in total. The maximum Gasteiger partial charge on any atom is 0.472 e. The molecule has 0 fully saturated rings. The number of phosphoric ester groups is 2. The van der Waals surface area contributed by atoms with Crippen molar-refractivity contribution < 1.29 is 80.2 Å². The molecule has 19 heteroatoms. The van der Waals surface area contributed by atoms with Crippen LogP contribution in [0.15, 0.2) is 0 Å². The zero-order valence-corrected chi connectivity index (χ0v) is 70.1. The Kier molecular flexibility index (Phi) is 75.0. The average molecular weight is 1520 g/mol. The highest BCUT2D eigenvalue weighted by Gasteiger charge is 2.30. The first kappa shape index (κ1) is 102. The molecular formula is C85H166O17P2. The summed E-state index contributed by atoms with van der Waals surface area (Å²) in [5.74, 6) is -0.554. The molecule has 0 radical (unpaired) electrons. The largest absolute Gasteiger partial charge is 0.472 e. The van der Waals surface area contributed by atoms with E-state index in [1.165, 1.54) is 263 Å². The number of rotatable bonds is 84. The second kappa shape index (κ2) is 76.4. The SMILES string of the molecule is CCCCCCCCCCCCCCCCCCCCCCCC(=O)OC[C@H](COP(=O)(O)OC[C@@H](O)COP(=O)(O)OC[C@@H](COC(=O)CCCCCCCCC(C)CC)OC(=O)CCCCCCCCCCCCCC)OC(=O)CCCCCCCCCCCCCCCCCCCCC(C)C. The highest BCUT2D eigenvalue weighted by molar-refractivity contribution is 7.47. The van der Waals surface area contributed by atoms with Gasteiger partial charge < -0.3 is 33.8 Å². The Hall–Kier alpha value is -1.94. The molecule has 0 bridgehead atoms. The fourth-order valence-corrected chi connectivity index (χ4v) is 14.8. The molecule has 0 aromatic carbocycles. The fourth-order valence-electron chi connectivity index (χ4n) is 13.2. The topological polar surface area (TPSA) is 237 Å². The third-order valence-corrected chi connectivity index (χ3v) is 22.2. The van der Waals surface area contributed by atoms with Gasteiger partial charge in [-0.25, -0.2) is 9.13 Å². The number of phosphoric acid groups is 2. The summed E-state index contributed by atoms with van der Waals surface area (Å²) in [5, 5.41) is 10.7. The predicted octanol–water partition coefficient (Wildman–Crippen LogP) is 25.8. The van der Waals surface area contributed by atoms with Gasteiger partial charge in [0.05, 0.1) is 26.4 Å². The van der Waals surface area contributed by atoms with Gasteiger partial charge in [0.15, 0.2) is 12.2 Å². The van der Waals surface area contributed by atoms with E-state index in [4.69, 9.17) is 37.0 Å². The van der Waals surface area contributed by atoms with Crippen molar-refractivity contribution in [2.45, 2.75) is 471 Å². The number of unbranched alkanes of at least 4 members (excludes halogenated alkanes) is 53. The van der Waals surface area contributed by atoms with Gasteiger partial charge in [-0.15, -0.1) is 0 Å². The average Bonchev–Trinajstić information content (AvgIpc) is 0.904. The van der Waals surface area contributed by atoms with Gasteiger partial charge in [0.1, 0.15) is 19.3 Å². The van der Waals surface area contributed by atoms with Crippen LogP contribution in [-0.2, 0) is 65.4 Å². The molecule has 17 nitrogen and oxygen atoms in total. The molecule has 0 aliphatic carbocycles. The van der Waals surface area contributed by atoms with Crippen molar-refractivity contribution in [3.8, 4) is 0 Å². The number of carbonyl (C=O) groups is 4. The standard InChI is InChI=1S/C85H166O17P2/c1-7-10-12-14-16-18-20-22-23-24-25-26-27-31-34-37-41-44-48-55-61-67-82(87)95-73-80(101-85(90)70-64-58-50-46-42-38-35-32-29-28-30-33-36-39-43-47-53-59-65-77(4)5)75-99-103(91,92)97-71-79(86)72-98-104(93,94)100-76-81(74-96-83(88)68-62-56-52-51-54-60-66-78(6)9-3)102-84(89)69-63-57-49-45-40-21-19-17-15-13-11-8-2/h77-81,86H,7-76H2,1-6H3,(H,91,92)(H,93,94)/t78?,79-,80-,81-/m1/s1. The van der Waals surface area contributed by atoms with E-state index in [0.29, 0.717) is 25.7 Å². The molecule has 0 amide bonds. The van der Waals surface area contributed by atoms with E-state index in [2.05, 4.69) is 41.5 Å². The molecule has 6 atom stereocenters. The van der Waals surface area contributed by atoms with Gasteiger partial charge >= 0.3 is 39.5 Å². The van der Waals surface area contributed by atoms with Crippen molar-refractivity contribution >= 4 is 39.5 Å². The van der Waals surface area contributed by atoms with Crippen molar-refractivity contribution in [1.29, 1.82) is 0 Å². The molecule has 0 heterocycles. The zero-order valence-electron chi connectivity index (χ0n) is 68.3. The smallest absolute Gasteiger partial charge is 0.462 e. The number of aliphatic hydroxyl groups excluding tert-OH is 1. The predicted molar refractivity (Wildman–Crippen MR) is 428 cm³/mol. The Bertz CT molecular complexity index is 2000. The van der Waals surface area contributed by atoms with Crippen LogP contribution in [0.25, 0.3) is 0 Å². The van der Waals surface area contributed by atoms with Crippen LogP contribution in [0.2, 0.25) is 0 Å². The molecule has 0 aliphatic heterocycles. The molecule has 0 saturated heterocycles.